The average Bonchev–Trinajstić information content (AvgIpc) is 2.73. The quantitative estimate of drug-likeness (QED) is 0.806. The number of rotatable bonds is 4. The maximum atomic E-state index is 12.6. The van der Waals surface area contributed by atoms with Crippen LogP contribution in [0.25, 0.3) is 0 Å². The van der Waals surface area contributed by atoms with Crippen molar-refractivity contribution in [2.45, 2.75) is 55.7 Å². The Morgan fingerprint density at radius 1 is 1.19 bits per heavy atom. The van der Waals surface area contributed by atoms with E-state index in [1.807, 2.05) is 23.5 Å². The van der Waals surface area contributed by atoms with Crippen LogP contribution in [0, 0.1) is 0 Å². The number of imide groups is 1. The van der Waals surface area contributed by atoms with Gasteiger partial charge in [-0.25, -0.2) is 4.79 Å². The van der Waals surface area contributed by atoms with E-state index in [1.165, 1.54) is 37.0 Å². The highest BCUT2D eigenvalue weighted by atomic mass is 32.2. The number of nitrogens with zero attached hydrogens (tertiary/aromatic N) is 1. The van der Waals surface area contributed by atoms with Gasteiger partial charge in [0.1, 0.15) is 5.54 Å². The van der Waals surface area contributed by atoms with Gasteiger partial charge < -0.3 is 5.32 Å². The van der Waals surface area contributed by atoms with Gasteiger partial charge in [-0.2, -0.15) is 23.5 Å². The fourth-order valence-electron chi connectivity index (χ4n) is 3.48. The summed E-state index contributed by atoms with van der Waals surface area (Å²) < 4.78 is 0. The Morgan fingerprint density at radius 2 is 1.90 bits per heavy atom. The van der Waals surface area contributed by atoms with Crippen molar-refractivity contribution in [3.05, 3.63) is 0 Å². The number of urea groups is 1. The van der Waals surface area contributed by atoms with Gasteiger partial charge in [-0.15, -0.1) is 0 Å². The van der Waals surface area contributed by atoms with E-state index in [0.717, 1.165) is 35.4 Å². The molecule has 1 N–H and O–H groups in total. The minimum Gasteiger partial charge on any atom is -0.323 e. The van der Waals surface area contributed by atoms with Gasteiger partial charge >= 0.3 is 6.03 Å². The second-order valence-electron chi connectivity index (χ2n) is 6.21. The number of carbonyl (C=O) groups is 2. The molecule has 0 radical (unpaired) electrons. The molecule has 4 nitrogen and oxygen atoms in total. The van der Waals surface area contributed by atoms with Gasteiger partial charge in [0.2, 0.25) is 0 Å². The number of amides is 3. The van der Waals surface area contributed by atoms with Crippen LogP contribution in [0.4, 0.5) is 4.79 Å². The second kappa shape index (κ2) is 6.82. The molecule has 1 saturated carbocycles. The molecule has 3 aliphatic rings. The highest BCUT2D eigenvalue weighted by Crippen LogP contribution is 2.33. The summed E-state index contributed by atoms with van der Waals surface area (Å²) in [6.45, 7) is 0.570. The summed E-state index contributed by atoms with van der Waals surface area (Å²) in [5, 5.41) is 3.71. The highest BCUT2D eigenvalue weighted by Gasteiger charge is 2.51. The van der Waals surface area contributed by atoms with E-state index in [-0.39, 0.29) is 11.9 Å². The smallest absolute Gasteiger partial charge is 0.323 e. The van der Waals surface area contributed by atoms with Gasteiger partial charge in [-0.1, -0.05) is 19.3 Å². The molecule has 0 aromatic rings. The Balaban J connectivity index is 1.50. The first-order valence-electron chi connectivity index (χ1n) is 8.05. The molecule has 2 saturated heterocycles. The lowest BCUT2D eigenvalue weighted by molar-refractivity contribution is -0.131. The van der Waals surface area contributed by atoms with Gasteiger partial charge in [0.05, 0.1) is 0 Å². The molecule has 1 spiro atoms. The van der Waals surface area contributed by atoms with Crippen LogP contribution in [-0.4, -0.2) is 51.4 Å². The zero-order valence-corrected chi connectivity index (χ0v) is 14.1. The van der Waals surface area contributed by atoms with E-state index < -0.39 is 5.54 Å². The third kappa shape index (κ3) is 3.36. The first-order valence-corrected chi connectivity index (χ1v) is 10.3. The van der Waals surface area contributed by atoms with Crippen LogP contribution in [0.15, 0.2) is 0 Å². The molecule has 3 rings (SSSR count). The van der Waals surface area contributed by atoms with Crippen molar-refractivity contribution in [1.82, 2.24) is 10.2 Å². The predicted molar refractivity (Wildman–Crippen MR) is 88.9 cm³/mol. The van der Waals surface area contributed by atoms with E-state index in [9.17, 15) is 9.59 Å². The molecule has 118 valence electrons. The zero-order chi connectivity index (χ0) is 14.7. The first kappa shape index (κ1) is 15.5. The Kier molecular flexibility index (Phi) is 5.04. The summed E-state index contributed by atoms with van der Waals surface area (Å²) in [6, 6.07) is -0.170. The maximum absolute atomic E-state index is 12.6. The number of carbonyl (C=O) groups excluding carboxylic acids is 2. The van der Waals surface area contributed by atoms with Crippen LogP contribution in [0.3, 0.4) is 0 Å². The third-order valence-corrected chi connectivity index (χ3v) is 7.16. The van der Waals surface area contributed by atoms with Gasteiger partial charge in [0.15, 0.2) is 0 Å². The molecular formula is C15H24N2O2S2. The van der Waals surface area contributed by atoms with Gasteiger partial charge in [0, 0.05) is 17.5 Å². The molecule has 6 heteroatoms. The molecule has 3 amide bonds. The third-order valence-electron chi connectivity index (χ3n) is 4.81. The highest BCUT2D eigenvalue weighted by molar-refractivity contribution is 8.00. The van der Waals surface area contributed by atoms with E-state index >= 15 is 0 Å². The van der Waals surface area contributed by atoms with E-state index in [0.29, 0.717) is 6.54 Å². The average molecular weight is 329 g/mol. The fraction of sp³-hybridized carbons (Fsp3) is 0.867. The Bertz CT molecular complexity index is 404. The Morgan fingerprint density at radius 3 is 2.62 bits per heavy atom. The first-order chi connectivity index (χ1) is 10.2. The van der Waals surface area contributed by atoms with E-state index in [1.54, 1.807) is 0 Å². The summed E-state index contributed by atoms with van der Waals surface area (Å²) in [4.78, 5) is 26.2. The summed E-state index contributed by atoms with van der Waals surface area (Å²) in [5.41, 5.74) is -0.572. The normalized spacial score (nSPS) is 26.4. The van der Waals surface area contributed by atoms with Crippen LogP contribution in [0.5, 0.6) is 0 Å². The molecule has 0 atom stereocenters. The molecule has 3 fully saturated rings. The largest absolute Gasteiger partial charge is 0.325 e. The van der Waals surface area contributed by atoms with Crippen molar-refractivity contribution in [2.75, 3.05) is 23.8 Å². The minimum atomic E-state index is -0.572. The van der Waals surface area contributed by atoms with Crippen molar-refractivity contribution in [3.8, 4) is 0 Å². The molecule has 2 heterocycles. The Labute approximate surface area is 135 Å². The van der Waals surface area contributed by atoms with Gasteiger partial charge in [0.25, 0.3) is 5.91 Å². The summed E-state index contributed by atoms with van der Waals surface area (Å²) in [5.74, 6) is 2.85. The maximum Gasteiger partial charge on any atom is 0.325 e. The number of thioether (sulfide) groups is 2. The Hall–Kier alpha value is -0.360. The van der Waals surface area contributed by atoms with Crippen LogP contribution < -0.4 is 5.32 Å². The molecule has 0 aromatic heterocycles. The molecule has 1 aliphatic carbocycles. The van der Waals surface area contributed by atoms with Crippen LogP contribution in [-0.2, 0) is 4.79 Å². The molecule has 2 aliphatic heterocycles. The van der Waals surface area contributed by atoms with Crippen molar-refractivity contribution < 1.29 is 9.59 Å². The summed E-state index contributed by atoms with van der Waals surface area (Å²) in [7, 11) is 0. The molecule has 0 unspecified atom stereocenters. The summed E-state index contributed by atoms with van der Waals surface area (Å²) >= 11 is 3.82. The monoisotopic (exact) mass is 328 g/mol. The lowest BCUT2D eigenvalue weighted by Gasteiger charge is -2.30. The topological polar surface area (TPSA) is 49.4 Å². The molecular weight excluding hydrogens is 304 g/mol. The fourth-order valence-corrected chi connectivity index (χ4v) is 5.96. The summed E-state index contributed by atoms with van der Waals surface area (Å²) in [6.07, 6.45) is 8.20. The lowest BCUT2D eigenvalue weighted by atomic mass is 9.92. The second-order valence-corrected chi connectivity index (χ2v) is 8.85. The van der Waals surface area contributed by atoms with Crippen LogP contribution in [0.2, 0.25) is 0 Å². The van der Waals surface area contributed by atoms with Crippen molar-refractivity contribution in [1.29, 1.82) is 0 Å². The molecule has 0 bridgehead atoms. The van der Waals surface area contributed by atoms with Crippen molar-refractivity contribution in [3.63, 3.8) is 0 Å². The number of nitrogens with one attached hydrogen (secondary N) is 1. The molecule has 0 aromatic carbocycles. The van der Waals surface area contributed by atoms with E-state index in [2.05, 4.69) is 5.32 Å². The number of hydrogen-bond donors (Lipinski definition) is 1. The SMILES string of the molecule is O=C1NC2(CCSCC2)C(=O)N1CCSC1CCCCC1. The van der Waals surface area contributed by atoms with Crippen molar-refractivity contribution >= 4 is 35.5 Å². The zero-order valence-electron chi connectivity index (χ0n) is 12.4. The van der Waals surface area contributed by atoms with Crippen molar-refractivity contribution in [2.24, 2.45) is 0 Å². The van der Waals surface area contributed by atoms with E-state index in [4.69, 9.17) is 0 Å². The lowest BCUT2D eigenvalue weighted by Crippen LogP contribution is -2.49. The van der Waals surface area contributed by atoms with Crippen LogP contribution >= 0.6 is 23.5 Å². The standard InChI is InChI=1S/C15H24N2O2S2/c18-13-15(6-9-20-10-7-15)16-14(19)17(13)8-11-21-12-4-2-1-3-5-12/h12H,1-11H2,(H,16,19). The predicted octanol–water partition coefficient (Wildman–Crippen LogP) is 2.87. The number of hydrogen-bond acceptors (Lipinski definition) is 4. The van der Waals surface area contributed by atoms with Gasteiger partial charge in [-0.3, -0.25) is 9.69 Å². The minimum absolute atomic E-state index is 0.0250. The molecule has 21 heavy (non-hydrogen) atoms. The van der Waals surface area contributed by atoms with Gasteiger partial charge in [-0.05, 0) is 37.2 Å². The van der Waals surface area contributed by atoms with Crippen LogP contribution in [0.1, 0.15) is 44.9 Å².